The number of esters is 1. The Kier molecular flexibility index (Phi) is 5.71. The quantitative estimate of drug-likeness (QED) is 0.605. The van der Waals surface area contributed by atoms with E-state index in [0.29, 0.717) is 12.1 Å². The SMILES string of the molecule is CCN(CC(=O)OC)C(=O)c1ccccc1SC. The van der Waals surface area contributed by atoms with Gasteiger partial charge in [-0.25, -0.2) is 0 Å². The van der Waals surface area contributed by atoms with Crippen LogP contribution in [0.2, 0.25) is 0 Å². The summed E-state index contributed by atoms with van der Waals surface area (Å²) in [6.45, 7) is 2.29. The minimum Gasteiger partial charge on any atom is -0.468 e. The highest BCUT2D eigenvalue weighted by atomic mass is 32.2. The number of amides is 1. The van der Waals surface area contributed by atoms with E-state index >= 15 is 0 Å². The number of ether oxygens (including phenoxy) is 1. The molecule has 0 saturated carbocycles. The third-order valence-corrected chi connectivity index (χ3v) is 3.35. The molecule has 0 fully saturated rings. The molecular formula is C13H17NO3S. The number of hydrogen-bond donors (Lipinski definition) is 0. The van der Waals surface area contributed by atoms with Gasteiger partial charge in [0.1, 0.15) is 6.54 Å². The number of rotatable bonds is 5. The van der Waals surface area contributed by atoms with Crippen molar-refractivity contribution in [2.45, 2.75) is 11.8 Å². The van der Waals surface area contributed by atoms with Crippen LogP contribution in [-0.4, -0.2) is 43.2 Å². The topological polar surface area (TPSA) is 46.6 Å². The minimum absolute atomic E-state index is 0.0193. The van der Waals surface area contributed by atoms with Crippen molar-refractivity contribution in [1.82, 2.24) is 4.90 Å². The number of benzene rings is 1. The number of methoxy groups -OCH3 is 1. The van der Waals surface area contributed by atoms with Crippen molar-refractivity contribution < 1.29 is 14.3 Å². The lowest BCUT2D eigenvalue weighted by atomic mass is 10.2. The minimum atomic E-state index is -0.410. The summed E-state index contributed by atoms with van der Waals surface area (Å²) in [6.07, 6.45) is 1.92. The Bertz CT molecular complexity index is 434. The van der Waals surface area contributed by atoms with E-state index in [1.54, 1.807) is 6.07 Å². The zero-order valence-corrected chi connectivity index (χ0v) is 11.6. The van der Waals surface area contributed by atoms with Crippen molar-refractivity contribution in [2.75, 3.05) is 26.5 Å². The Balaban J connectivity index is 2.92. The smallest absolute Gasteiger partial charge is 0.325 e. The van der Waals surface area contributed by atoms with Gasteiger partial charge >= 0.3 is 5.97 Å². The summed E-state index contributed by atoms with van der Waals surface area (Å²) >= 11 is 1.51. The molecule has 1 aromatic rings. The van der Waals surface area contributed by atoms with Gasteiger partial charge in [-0.1, -0.05) is 12.1 Å². The van der Waals surface area contributed by atoms with Gasteiger partial charge in [0.2, 0.25) is 0 Å². The maximum Gasteiger partial charge on any atom is 0.325 e. The van der Waals surface area contributed by atoms with Crippen LogP contribution in [0.4, 0.5) is 0 Å². The van der Waals surface area contributed by atoms with E-state index < -0.39 is 5.97 Å². The zero-order chi connectivity index (χ0) is 13.5. The first-order valence-electron chi connectivity index (χ1n) is 5.63. The van der Waals surface area contributed by atoms with Crippen LogP contribution in [0.15, 0.2) is 29.2 Å². The Morgan fingerprint density at radius 1 is 1.33 bits per heavy atom. The fraction of sp³-hybridized carbons (Fsp3) is 0.385. The third kappa shape index (κ3) is 3.50. The van der Waals surface area contributed by atoms with Gasteiger partial charge in [0.05, 0.1) is 12.7 Å². The fourth-order valence-corrected chi connectivity index (χ4v) is 2.13. The van der Waals surface area contributed by atoms with E-state index in [1.807, 2.05) is 31.4 Å². The molecular weight excluding hydrogens is 250 g/mol. The first-order chi connectivity index (χ1) is 8.63. The van der Waals surface area contributed by atoms with Crippen LogP contribution in [0.5, 0.6) is 0 Å². The van der Waals surface area contributed by atoms with Crippen LogP contribution >= 0.6 is 11.8 Å². The Hall–Kier alpha value is -1.49. The summed E-state index contributed by atoms with van der Waals surface area (Å²) in [6, 6.07) is 7.37. The lowest BCUT2D eigenvalue weighted by Gasteiger charge is -2.20. The predicted molar refractivity (Wildman–Crippen MR) is 71.8 cm³/mol. The average molecular weight is 267 g/mol. The Morgan fingerprint density at radius 2 is 2.00 bits per heavy atom. The van der Waals surface area contributed by atoms with Crippen LogP contribution in [-0.2, 0) is 9.53 Å². The lowest BCUT2D eigenvalue weighted by molar-refractivity contribution is -0.141. The van der Waals surface area contributed by atoms with Crippen LogP contribution in [0.25, 0.3) is 0 Å². The van der Waals surface area contributed by atoms with Gasteiger partial charge in [-0.05, 0) is 25.3 Å². The molecule has 0 spiro atoms. The summed E-state index contributed by atoms with van der Waals surface area (Å²) in [7, 11) is 1.32. The second kappa shape index (κ2) is 7.06. The highest BCUT2D eigenvalue weighted by molar-refractivity contribution is 7.98. The molecule has 0 heterocycles. The molecule has 18 heavy (non-hydrogen) atoms. The molecule has 0 aliphatic carbocycles. The van der Waals surface area contributed by atoms with Crippen molar-refractivity contribution in [1.29, 1.82) is 0 Å². The van der Waals surface area contributed by atoms with Crippen molar-refractivity contribution in [3.63, 3.8) is 0 Å². The summed E-state index contributed by atoms with van der Waals surface area (Å²) in [5.74, 6) is -0.556. The van der Waals surface area contributed by atoms with Gasteiger partial charge in [-0.15, -0.1) is 11.8 Å². The molecule has 0 aromatic heterocycles. The summed E-state index contributed by atoms with van der Waals surface area (Å²) in [5.41, 5.74) is 0.621. The maximum absolute atomic E-state index is 12.3. The molecule has 0 bridgehead atoms. The highest BCUT2D eigenvalue weighted by Gasteiger charge is 2.19. The largest absolute Gasteiger partial charge is 0.468 e. The van der Waals surface area contributed by atoms with Crippen molar-refractivity contribution >= 4 is 23.6 Å². The normalized spacial score (nSPS) is 9.94. The van der Waals surface area contributed by atoms with E-state index in [1.165, 1.54) is 23.8 Å². The summed E-state index contributed by atoms with van der Waals surface area (Å²) < 4.78 is 4.59. The molecule has 1 rings (SSSR count). The van der Waals surface area contributed by atoms with Gasteiger partial charge in [-0.3, -0.25) is 9.59 Å². The van der Waals surface area contributed by atoms with Gasteiger partial charge in [0.15, 0.2) is 0 Å². The standard InChI is InChI=1S/C13H17NO3S/c1-4-14(9-12(15)17-2)13(16)10-7-5-6-8-11(10)18-3/h5-8H,4,9H2,1-3H3. The van der Waals surface area contributed by atoms with Crippen molar-refractivity contribution in [3.05, 3.63) is 29.8 Å². The highest BCUT2D eigenvalue weighted by Crippen LogP contribution is 2.21. The molecule has 0 aliphatic rings. The number of hydrogen-bond acceptors (Lipinski definition) is 4. The van der Waals surface area contributed by atoms with E-state index in [4.69, 9.17) is 0 Å². The molecule has 0 atom stereocenters. The van der Waals surface area contributed by atoms with E-state index in [9.17, 15) is 9.59 Å². The number of carbonyl (C=O) groups is 2. The molecule has 0 saturated heterocycles. The number of carbonyl (C=O) groups excluding carboxylic acids is 2. The monoisotopic (exact) mass is 267 g/mol. The zero-order valence-electron chi connectivity index (χ0n) is 10.8. The molecule has 0 N–H and O–H groups in total. The van der Waals surface area contributed by atoms with Gasteiger partial charge in [0.25, 0.3) is 5.91 Å². The molecule has 0 aliphatic heterocycles. The van der Waals surface area contributed by atoms with Gasteiger partial charge in [0, 0.05) is 11.4 Å². The number of nitrogens with zero attached hydrogens (tertiary/aromatic N) is 1. The molecule has 1 amide bonds. The Labute approximate surface area is 111 Å². The van der Waals surface area contributed by atoms with Crippen LogP contribution in [0.1, 0.15) is 17.3 Å². The van der Waals surface area contributed by atoms with E-state index in [2.05, 4.69) is 4.74 Å². The van der Waals surface area contributed by atoms with Crippen LogP contribution in [0.3, 0.4) is 0 Å². The molecule has 1 aromatic carbocycles. The lowest BCUT2D eigenvalue weighted by Crippen LogP contribution is -2.36. The average Bonchev–Trinajstić information content (AvgIpc) is 2.43. The molecule has 5 heteroatoms. The summed E-state index contributed by atoms with van der Waals surface area (Å²) in [4.78, 5) is 25.9. The van der Waals surface area contributed by atoms with Crippen molar-refractivity contribution in [2.24, 2.45) is 0 Å². The van der Waals surface area contributed by atoms with E-state index in [0.717, 1.165) is 4.90 Å². The van der Waals surface area contributed by atoms with E-state index in [-0.39, 0.29) is 12.5 Å². The molecule has 98 valence electrons. The predicted octanol–water partition coefficient (Wildman–Crippen LogP) is 2.04. The van der Waals surface area contributed by atoms with Crippen LogP contribution < -0.4 is 0 Å². The molecule has 4 nitrogen and oxygen atoms in total. The van der Waals surface area contributed by atoms with Crippen LogP contribution in [0, 0.1) is 0 Å². The first kappa shape index (κ1) is 14.6. The Morgan fingerprint density at radius 3 is 2.56 bits per heavy atom. The fourth-order valence-electron chi connectivity index (χ4n) is 1.54. The van der Waals surface area contributed by atoms with Gasteiger partial charge < -0.3 is 9.64 Å². The number of thioether (sulfide) groups is 1. The second-order valence-electron chi connectivity index (χ2n) is 3.60. The molecule has 0 radical (unpaired) electrons. The molecule has 0 unspecified atom stereocenters. The maximum atomic E-state index is 12.3. The van der Waals surface area contributed by atoms with Gasteiger partial charge in [-0.2, -0.15) is 0 Å². The number of likely N-dealkylation sites (N-methyl/N-ethyl adjacent to an activating group) is 1. The second-order valence-corrected chi connectivity index (χ2v) is 4.44. The first-order valence-corrected chi connectivity index (χ1v) is 6.85. The van der Waals surface area contributed by atoms with Crippen molar-refractivity contribution in [3.8, 4) is 0 Å². The third-order valence-electron chi connectivity index (χ3n) is 2.55. The summed E-state index contributed by atoms with van der Waals surface area (Å²) in [5, 5.41) is 0.